The molecule has 0 aromatic heterocycles. The van der Waals surface area contributed by atoms with Crippen LogP contribution in [0.4, 0.5) is 5.69 Å². The Morgan fingerprint density at radius 1 is 1.37 bits per heavy atom. The van der Waals surface area contributed by atoms with Crippen molar-refractivity contribution in [3.8, 4) is 12.3 Å². The first-order chi connectivity index (χ1) is 9.02. The van der Waals surface area contributed by atoms with Crippen LogP contribution in [0, 0.1) is 22.5 Å². The van der Waals surface area contributed by atoms with E-state index in [2.05, 4.69) is 10.8 Å². The number of piperidine rings is 1. The van der Waals surface area contributed by atoms with Gasteiger partial charge >= 0.3 is 0 Å². The highest BCUT2D eigenvalue weighted by atomic mass is 16.6. The van der Waals surface area contributed by atoms with Gasteiger partial charge in [-0.05, 0) is 5.56 Å². The molecule has 0 atom stereocenters. The summed E-state index contributed by atoms with van der Waals surface area (Å²) in [5, 5.41) is 20.5. The molecule has 0 unspecified atom stereocenters. The lowest BCUT2D eigenvalue weighted by Crippen LogP contribution is -2.43. The van der Waals surface area contributed by atoms with Crippen LogP contribution in [0.1, 0.15) is 18.4 Å². The number of nitrogens with zero attached hydrogens (tertiary/aromatic N) is 2. The molecule has 19 heavy (non-hydrogen) atoms. The number of nitro groups is 1. The number of hydrogen-bond acceptors (Lipinski definition) is 4. The molecule has 1 heterocycles. The van der Waals surface area contributed by atoms with Crippen LogP contribution < -0.4 is 0 Å². The molecular weight excluding hydrogens is 244 g/mol. The maximum atomic E-state index is 10.6. The Morgan fingerprint density at radius 2 is 1.95 bits per heavy atom. The normalized spacial score (nSPS) is 18.7. The van der Waals surface area contributed by atoms with Gasteiger partial charge in [0.25, 0.3) is 5.69 Å². The third kappa shape index (κ3) is 3.31. The molecule has 1 N–H and O–H groups in total. The van der Waals surface area contributed by atoms with E-state index >= 15 is 0 Å². The SMILES string of the molecule is C#CC1(O)CCN(Cc2ccc([N+](=O)[O-])cc2)CC1. The maximum absolute atomic E-state index is 10.6. The van der Waals surface area contributed by atoms with E-state index in [0.29, 0.717) is 12.8 Å². The first-order valence-corrected chi connectivity index (χ1v) is 6.18. The number of hydrogen-bond donors (Lipinski definition) is 1. The Hall–Kier alpha value is -1.90. The fourth-order valence-corrected chi connectivity index (χ4v) is 2.21. The summed E-state index contributed by atoms with van der Waals surface area (Å²) in [5.74, 6) is 2.44. The zero-order valence-electron chi connectivity index (χ0n) is 10.6. The van der Waals surface area contributed by atoms with Crippen molar-refractivity contribution in [2.24, 2.45) is 0 Å². The van der Waals surface area contributed by atoms with E-state index in [-0.39, 0.29) is 5.69 Å². The van der Waals surface area contributed by atoms with Crippen molar-refractivity contribution in [3.63, 3.8) is 0 Å². The van der Waals surface area contributed by atoms with Gasteiger partial charge in [-0.2, -0.15) is 0 Å². The van der Waals surface area contributed by atoms with Crippen molar-refractivity contribution in [3.05, 3.63) is 39.9 Å². The van der Waals surface area contributed by atoms with Crippen molar-refractivity contribution >= 4 is 5.69 Å². The van der Waals surface area contributed by atoms with E-state index in [9.17, 15) is 15.2 Å². The molecule has 2 rings (SSSR count). The van der Waals surface area contributed by atoms with E-state index in [0.717, 1.165) is 25.2 Å². The third-order valence-corrected chi connectivity index (χ3v) is 3.51. The van der Waals surface area contributed by atoms with Crippen LogP contribution in [0.5, 0.6) is 0 Å². The summed E-state index contributed by atoms with van der Waals surface area (Å²) in [6.07, 6.45) is 6.43. The molecule has 5 heteroatoms. The Morgan fingerprint density at radius 3 is 2.42 bits per heavy atom. The van der Waals surface area contributed by atoms with E-state index in [4.69, 9.17) is 6.42 Å². The van der Waals surface area contributed by atoms with Gasteiger partial charge in [0.15, 0.2) is 0 Å². The van der Waals surface area contributed by atoms with Crippen LogP contribution in [0.15, 0.2) is 24.3 Å². The zero-order valence-corrected chi connectivity index (χ0v) is 10.6. The van der Waals surface area contributed by atoms with Crippen molar-refractivity contribution in [1.29, 1.82) is 0 Å². The minimum Gasteiger partial charge on any atom is -0.378 e. The number of benzene rings is 1. The van der Waals surface area contributed by atoms with E-state index in [1.165, 1.54) is 12.1 Å². The largest absolute Gasteiger partial charge is 0.378 e. The highest BCUT2D eigenvalue weighted by Crippen LogP contribution is 2.22. The standard InChI is InChI=1S/C14H16N2O3/c1-2-14(17)7-9-15(10-8-14)11-12-3-5-13(6-4-12)16(18)19/h1,3-6,17H,7-11H2. The average molecular weight is 260 g/mol. The average Bonchev–Trinajstić information content (AvgIpc) is 2.42. The van der Waals surface area contributed by atoms with Crippen molar-refractivity contribution in [2.45, 2.75) is 25.0 Å². The number of rotatable bonds is 3. The second kappa shape index (κ2) is 5.39. The molecule has 1 fully saturated rings. The Kier molecular flexibility index (Phi) is 3.84. The Balaban J connectivity index is 1.93. The predicted molar refractivity (Wildman–Crippen MR) is 71.4 cm³/mol. The molecule has 1 aliphatic heterocycles. The van der Waals surface area contributed by atoms with Crippen LogP contribution in [0.3, 0.4) is 0 Å². The summed E-state index contributed by atoms with van der Waals surface area (Å²) < 4.78 is 0. The van der Waals surface area contributed by atoms with Gasteiger partial charge in [0.05, 0.1) is 4.92 Å². The number of aliphatic hydroxyl groups is 1. The minimum absolute atomic E-state index is 0.101. The molecule has 0 amide bonds. The van der Waals surface area contributed by atoms with Gasteiger partial charge in [-0.1, -0.05) is 18.1 Å². The van der Waals surface area contributed by atoms with Gasteiger partial charge in [-0.15, -0.1) is 6.42 Å². The fraction of sp³-hybridized carbons (Fsp3) is 0.429. The van der Waals surface area contributed by atoms with Gasteiger partial charge in [-0.25, -0.2) is 0 Å². The van der Waals surface area contributed by atoms with Crippen molar-refractivity contribution in [2.75, 3.05) is 13.1 Å². The fourth-order valence-electron chi connectivity index (χ4n) is 2.21. The van der Waals surface area contributed by atoms with Crippen LogP contribution >= 0.6 is 0 Å². The zero-order chi connectivity index (χ0) is 13.9. The van der Waals surface area contributed by atoms with Crippen LogP contribution in [-0.4, -0.2) is 33.6 Å². The van der Waals surface area contributed by atoms with Crippen LogP contribution in [0.25, 0.3) is 0 Å². The minimum atomic E-state index is -0.966. The van der Waals surface area contributed by atoms with Gasteiger partial charge in [0.2, 0.25) is 0 Å². The smallest absolute Gasteiger partial charge is 0.269 e. The Labute approximate surface area is 112 Å². The lowest BCUT2D eigenvalue weighted by Gasteiger charge is -2.34. The molecule has 100 valence electrons. The van der Waals surface area contributed by atoms with E-state index in [1.807, 2.05) is 0 Å². The number of terminal acetylenes is 1. The second-order valence-corrected chi connectivity index (χ2v) is 4.88. The molecule has 0 saturated carbocycles. The molecule has 5 nitrogen and oxygen atoms in total. The maximum Gasteiger partial charge on any atom is 0.269 e. The third-order valence-electron chi connectivity index (χ3n) is 3.51. The first-order valence-electron chi connectivity index (χ1n) is 6.18. The van der Waals surface area contributed by atoms with Crippen molar-refractivity contribution in [1.82, 2.24) is 4.90 Å². The highest BCUT2D eigenvalue weighted by molar-refractivity contribution is 5.32. The molecule has 1 aliphatic rings. The van der Waals surface area contributed by atoms with E-state index in [1.54, 1.807) is 12.1 Å². The summed E-state index contributed by atoms with van der Waals surface area (Å²) in [7, 11) is 0. The number of likely N-dealkylation sites (tertiary alicyclic amines) is 1. The van der Waals surface area contributed by atoms with Gasteiger partial charge < -0.3 is 5.11 Å². The molecular formula is C14H16N2O3. The lowest BCUT2D eigenvalue weighted by atomic mass is 9.92. The van der Waals surface area contributed by atoms with Gasteiger partial charge in [0, 0.05) is 44.6 Å². The number of nitro benzene ring substituents is 1. The van der Waals surface area contributed by atoms with Gasteiger partial charge in [0.1, 0.15) is 5.60 Å². The molecule has 0 aliphatic carbocycles. The lowest BCUT2D eigenvalue weighted by molar-refractivity contribution is -0.384. The summed E-state index contributed by atoms with van der Waals surface area (Å²) in [6, 6.07) is 6.55. The summed E-state index contributed by atoms with van der Waals surface area (Å²) >= 11 is 0. The van der Waals surface area contributed by atoms with Crippen LogP contribution in [-0.2, 0) is 6.54 Å². The highest BCUT2D eigenvalue weighted by Gasteiger charge is 2.29. The molecule has 0 bridgehead atoms. The van der Waals surface area contributed by atoms with E-state index < -0.39 is 10.5 Å². The molecule has 1 saturated heterocycles. The molecule has 0 radical (unpaired) electrons. The van der Waals surface area contributed by atoms with Gasteiger partial charge in [-0.3, -0.25) is 15.0 Å². The molecule has 0 spiro atoms. The topological polar surface area (TPSA) is 66.6 Å². The monoisotopic (exact) mass is 260 g/mol. The first kappa shape index (κ1) is 13.5. The van der Waals surface area contributed by atoms with Crippen molar-refractivity contribution < 1.29 is 10.0 Å². The number of non-ortho nitro benzene ring substituents is 1. The predicted octanol–water partition coefficient (Wildman–Crippen LogP) is 1.55. The second-order valence-electron chi connectivity index (χ2n) is 4.88. The quantitative estimate of drug-likeness (QED) is 0.509. The Bertz CT molecular complexity index is 496. The van der Waals surface area contributed by atoms with Crippen LogP contribution in [0.2, 0.25) is 0 Å². The molecule has 1 aromatic rings. The summed E-state index contributed by atoms with van der Waals surface area (Å²) in [6.45, 7) is 2.19. The molecule has 1 aromatic carbocycles. The summed E-state index contributed by atoms with van der Waals surface area (Å²) in [4.78, 5) is 12.3. The summed E-state index contributed by atoms with van der Waals surface area (Å²) in [5.41, 5.74) is 0.159.